The van der Waals surface area contributed by atoms with Gasteiger partial charge in [0.15, 0.2) is 6.61 Å². The number of hydrogen-bond donors (Lipinski definition) is 0. The number of nitrogens with zero attached hydrogens (tertiary/aromatic N) is 4. The molecule has 0 atom stereocenters. The quantitative estimate of drug-likeness (QED) is 0.663. The fourth-order valence-corrected chi connectivity index (χ4v) is 3.62. The van der Waals surface area contributed by atoms with E-state index in [1.54, 1.807) is 18.5 Å². The molecule has 1 saturated heterocycles. The summed E-state index contributed by atoms with van der Waals surface area (Å²) < 4.78 is 7.76. The fourth-order valence-electron chi connectivity index (χ4n) is 3.62. The van der Waals surface area contributed by atoms with Crippen molar-refractivity contribution in [3.8, 4) is 17.1 Å². The molecular weight excluding hydrogens is 352 g/mol. The van der Waals surface area contributed by atoms with Crippen LogP contribution in [0.3, 0.4) is 0 Å². The molecule has 0 radical (unpaired) electrons. The Kier molecular flexibility index (Phi) is 5.66. The van der Waals surface area contributed by atoms with Gasteiger partial charge >= 0.3 is 0 Å². The highest BCUT2D eigenvalue weighted by atomic mass is 16.5. The van der Waals surface area contributed by atoms with Crippen LogP contribution in [-0.4, -0.2) is 45.0 Å². The van der Waals surface area contributed by atoms with Crippen LogP contribution >= 0.6 is 0 Å². The lowest BCUT2D eigenvalue weighted by molar-refractivity contribution is -0.134. The number of likely N-dealkylation sites (tertiary alicyclic amines) is 1. The molecule has 0 spiro atoms. The largest absolute Gasteiger partial charge is 0.482 e. The third-order valence-corrected chi connectivity index (χ3v) is 5.17. The molecule has 2 aromatic heterocycles. The summed E-state index contributed by atoms with van der Waals surface area (Å²) >= 11 is 0. The Morgan fingerprint density at radius 3 is 2.64 bits per heavy atom. The zero-order chi connectivity index (χ0) is 19.2. The Morgan fingerprint density at radius 1 is 1.07 bits per heavy atom. The zero-order valence-electron chi connectivity index (χ0n) is 15.8. The van der Waals surface area contributed by atoms with E-state index in [1.165, 1.54) is 0 Å². The number of piperidine rings is 1. The number of hydrogen-bond acceptors (Lipinski definition) is 4. The molecule has 6 heteroatoms. The number of rotatable bonds is 6. The van der Waals surface area contributed by atoms with E-state index in [0.717, 1.165) is 43.9 Å². The minimum atomic E-state index is 0.0370. The molecule has 4 rings (SSSR count). The highest BCUT2D eigenvalue weighted by Crippen LogP contribution is 2.23. The highest BCUT2D eigenvalue weighted by Gasteiger charge is 2.24. The minimum absolute atomic E-state index is 0.0370. The number of aromatic nitrogens is 3. The molecule has 3 aromatic rings. The van der Waals surface area contributed by atoms with Crippen LogP contribution in [0.5, 0.6) is 5.75 Å². The summed E-state index contributed by atoms with van der Waals surface area (Å²) in [6.07, 6.45) is 9.19. The van der Waals surface area contributed by atoms with Gasteiger partial charge in [0.2, 0.25) is 0 Å². The Bertz CT molecular complexity index is 887. The van der Waals surface area contributed by atoms with Gasteiger partial charge in [-0.2, -0.15) is 0 Å². The maximum absolute atomic E-state index is 12.4. The second-order valence-corrected chi connectivity index (χ2v) is 7.07. The minimum Gasteiger partial charge on any atom is -0.482 e. The lowest BCUT2D eigenvalue weighted by atomic mass is 9.96. The van der Waals surface area contributed by atoms with Crippen molar-refractivity contribution in [1.82, 2.24) is 19.4 Å². The number of carbonyl (C=O) groups excluding carboxylic acids is 1. The van der Waals surface area contributed by atoms with Gasteiger partial charge in [0.05, 0.1) is 6.20 Å². The second kappa shape index (κ2) is 8.69. The zero-order valence-corrected chi connectivity index (χ0v) is 15.8. The van der Waals surface area contributed by atoms with Gasteiger partial charge < -0.3 is 14.2 Å². The maximum Gasteiger partial charge on any atom is 0.260 e. The molecule has 0 aliphatic carbocycles. The molecule has 1 aliphatic rings. The van der Waals surface area contributed by atoms with Crippen LogP contribution in [-0.2, 0) is 11.3 Å². The number of pyridine rings is 1. The first-order valence-corrected chi connectivity index (χ1v) is 9.67. The van der Waals surface area contributed by atoms with Gasteiger partial charge in [-0.05, 0) is 30.9 Å². The van der Waals surface area contributed by atoms with E-state index in [1.807, 2.05) is 41.6 Å². The van der Waals surface area contributed by atoms with Crippen molar-refractivity contribution < 1.29 is 9.53 Å². The van der Waals surface area contributed by atoms with Crippen molar-refractivity contribution in [1.29, 1.82) is 0 Å². The number of ether oxygens (including phenoxy) is 1. The van der Waals surface area contributed by atoms with Crippen molar-refractivity contribution in [2.45, 2.75) is 19.4 Å². The first kappa shape index (κ1) is 18.2. The van der Waals surface area contributed by atoms with Gasteiger partial charge in [-0.15, -0.1) is 0 Å². The van der Waals surface area contributed by atoms with Crippen molar-refractivity contribution in [2.75, 3.05) is 19.7 Å². The van der Waals surface area contributed by atoms with E-state index in [4.69, 9.17) is 4.74 Å². The molecule has 144 valence electrons. The van der Waals surface area contributed by atoms with Gasteiger partial charge in [0.25, 0.3) is 5.91 Å². The van der Waals surface area contributed by atoms with Crippen molar-refractivity contribution in [3.63, 3.8) is 0 Å². The molecular formula is C22H24N4O2. The molecule has 1 fully saturated rings. The molecule has 0 N–H and O–H groups in total. The smallest absolute Gasteiger partial charge is 0.260 e. The maximum atomic E-state index is 12.4. The van der Waals surface area contributed by atoms with E-state index in [9.17, 15) is 4.79 Å². The predicted octanol–water partition coefficient (Wildman–Crippen LogP) is 3.26. The van der Waals surface area contributed by atoms with E-state index in [-0.39, 0.29) is 12.5 Å². The van der Waals surface area contributed by atoms with Gasteiger partial charge in [0, 0.05) is 43.8 Å². The number of carbonyl (C=O) groups is 1. The van der Waals surface area contributed by atoms with Crippen LogP contribution < -0.4 is 4.74 Å². The third-order valence-electron chi connectivity index (χ3n) is 5.17. The summed E-state index contributed by atoms with van der Waals surface area (Å²) in [5.41, 5.74) is 1.13. The molecule has 0 unspecified atom stereocenters. The number of benzene rings is 1. The SMILES string of the molecule is O=C(COc1cccnc1)N1CCC(Cn2ccnc2-c2ccccc2)CC1. The summed E-state index contributed by atoms with van der Waals surface area (Å²) in [5.74, 6) is 2.21. The Hall–Kier alpha value is -3.15. The van der Waals surface area contributed by atoms with Crippen LogP contribution in [0.1, 0.15) is 12.8 Å². The predicted molar refractivity (Wildman–Crippen MR) is 107 cm³/mol. The topological polar surface area (TPSA) is 60.2 Å². The summed E-state index contributed by atoms with van der Waals surface area (Å²) in [6.45, 7) is 2.54. The fraction of sp³-hybridized carbons (Fsp3) is 0.318. The van der Waals surface area contributed by atoms with Crippen LogP contribution in [0.2, 0.25) is 0 Å². The van der Waals surface area contributed by atoms with Gasteiger partial charge in [0.1, 0.15) is 11.6 Å². The van der Waals surface area contributed by atoms with Crippen molar-refractivity contribution in [2.24, 2.45) is 5.92 Å². The van der Waals surface area contributed by atoms with E-state index in [0.29, 0.717) is 11.7 Å². The average Bonchev–Trinajstić information content (AvgIpc) is 3.22. The third kappa shape index (κ3) is 4.39. The Balaban J connectivity index is 1.28. The molecule has 3 heterocycles. The summed E-state index contributed by atoms with van der Waals surface area (Å²) in [6, 6.07) is 13.9. The van der Waals surface area contributed by atoms with Crippen molar-refractivity contribution >= 4 is 5.91 Å². The molecule has 0 saturated carbocycles. The first-order chi connectivity index (χ1) is 13.8. The number of imidazole rings is 1. The van der Waals surface area contributed by atoms with Crippen LogP contribution in [0.15, 0.2) is 67.3 Å². The lowest BCUT2D eigenvalue weighted by Crippen LogP contribution is -2.41. The van der Waals surface area contributed by atoms with Gasteiger partial charge in [-0.3, -0.25) is 9.78 Å². The summed E-state index contributed by atoms with van der Waals surface area (Å²) in [4.78, 5) is 22.8. The molecule has 1 aliphatic heterocycles. The van der Waals surface area contributed by atoms with E-state index >= 15 is 0 Å². The standard InChI is InChI=1S/C22H24N4O2/c27-21(17-28-20-7-4-10-23-15-20)25-12-8-18(9-13-25)16-26-14-11-24-22(26)19-5-2-1-3-6-19/h1-7,10-11,14-15,18H,8-9,12-13,16-17H2. The molecule has 6 nitrogen and oxygen atoms in total. The molecule has 1 amide bonds. The highest BCUT2D eigenvalue weighted by molar-refractivity contribution is 5.77. The van der Waals surface area contributed by atoms with Gasteiger partial charge in [-0.25, -0.2) is 4.98 Å². The normalized spacial score (nSPS) is 14.8. The molecule has 0 bridgehead atoms. The van der Waals surface area contributed by atoms with E-state index in [2.05, 4.69) is 26.7 Å². The lowest BCUT2D eigenvalue weighted by Gasteiger charge is -2.32. The second-order valence-electron chi connectivity index (χ2n) is 7.07. The van der Waals surface area contributed by atoms with Gasteiger partial charge in [-0.1, -0.05) is 30.3 Å². The first-order valence-electron chi connectivity index (χ1n) is 9.67. The summed E-state index contributed by atoms with van der Waals surface area (Å²) in [5, 5.41) is 0. The van der Waals surface area contributed by atoms with Crippen LogP contribution in [0.4, 0.5) is 0 Å². The average molecular weight is 376 g/mol. The summed E-state index contributed by atoms with van der Waals surface area (Å²) in [7, 11) is 0. The Labute approximate surface area is 164 Å². The van der Waals surface area contributed by atoms with Crippen LogP contribution in [0, 0.1) is 5.92 Å². The van der Waals surface area contributed by atoms with E-state index < -0.39 is 0 Å². The molecule has 1 aromatic carbocycles. The monoisotopic (exact) mass is 376 g/mol. The van der Waals surface area contributed by atoms with Crippen LogP contribution in [0.25, 0.3) is 11.4 Å². The molecule has 28 heavy (non-hydrogen) atoms. The van der Waals surface area contributed by atoms with Crippen molar-refractivity contribution in [3.05, 3.63) is 67.3 Å². The Morgan fingerprint density at radius 2 is 1.89 bits per heavy atom. The number of amides is 1.